The molecule has 25 heavy (non-hydrogen) atoms. The van der Waals surface area contributed by atoms with E-state index in [0.717, 1.165) is 18.1 Å². The van der Waals surface area contributed by atoms with Gasteiger partial charge in [-0.05, 0) is 5.56 Å². The van der Waals surface area contributed by atoms with Gasteiger partial charge in [0, 0.05) is 0 Å². The van der Waals surface area contributed by atoms with Crippen molar-refractivity contribution in [1.82, 2.24) is 0 Å². The lowest BCUT2D eigenvalue weighted by Gasteiger charge is -2.22. The van der Waals surface area contributed by atoms with Gasteiger partial charge in [0.1, 0.15) is 12.2 Å². The topological polar surface area (TPSA) is 125 Å². The Labute approximate surface area is 146 Å². The van der Waals surface area contributed by atoms with Crippen molar-refractivity contribution in [3.05, 3.63) is 35.9 Å². The van der Waals surface area contributed by atoms with Crippen LogP contribution in [0, 0.1) is 0 Å². The Kier molecular flexibility index (Phi) is 6.54. The number of ether oxygens (including phenoxy) is 2. The van der Waals surface area contributed by atoms with E-state index in [1.54, 1.807) is 24.3 Å². The molecule has 4 atom stereocenters. The molecule has 1 fully saturated rings. The zero-order valence-electron chi connectivity index (χ0n) is 13.6. The molecule has 9 nitrogen and oxygen atoms in total. The number of rotatable bonds is 8. The number of hydrogen-bond donors (Lipinski definition) is 1. The molecule has 1 heterocycles. The second-order valence-electron chi connectivity index (χ2n) is 5.58. The second kappa shape index (κ2) is 8.08. The average molecular weight is 396 g/mol. The van der Waals surface area contributed by atoms with E-state index in [2.05, 4.69) is 4.18 Å². The van der Waals surface area contributed by atoms with Gasteiger partial charge in [-0.25, -0.2) is 0 Å². The van der Waals surface area contributed by atoms with Crippen molar-refractivity contribution in [2.24, 2.45) is 0 Å². The molecule has 1 N–H and O–H groups in total. The van der Waals surface area contributed by atoms with Gasteiger partial charge >= 0.3 is 0 Å². The van der Waals surface area contributed by atoms with Crippen molar-refractivity contribution in [3.63, 3.8) is 0 Å². The van der Waals surface area contributed by atoms with Crippen molar-refractivity contribution >= 4 is 20.2 Å². The average Bonchev–Trinajstić information content (AvgIpc) is 2.78. The van der Waals surface area contributed by atoms with Crippen LogP contribution < -0.4 is 0 Å². The van der Waals surface area contributed by atoms with Gasteiger partial charge in [0.25, 0.3) is 20.2 Å². The Bertz CT molecular complexity index is 761. The molecule has 142 valence electrons. The van der Waals surface area contributed by atoms with E-state index in [4.69, 9.17) is 13.7 Å². The molecule has 0 amide bonds. The van der Waals surface area contributed by atoms with Gasteiger partial charge in [-0.15, -0.1) is 0 Å². The lowest BCUT2D eigenvalue weighted by atomic mass is 10.1. The zero-order valence-corrected chi connectivity index (χ0v) is 15.3. The van der Waals surface area contributed by atoms with E-state index in [1.165, 1.54) is 0 Å². The van der Waals surface area contributed by atoms with E-state index < -0.39 is 51.4 Å². The van der Waals surface area contributed by atoms with Gasteiger partial charge in [0.05, 0.1) is 25.7 Å². The van der Waals surface area contributed by atoms with E-state index >= 15 is 0 Å². The van der Waals surface area contributed by atoms with Crippen molar-refractivity contribution in [1.29, 1.82) is 0 Å². The van der Waals surface area contributed by atoms with Crippen LogP contribution in [0.25, 0.3) is 0 Å². The molecule has 0 unspecified atom stereocenters. The minimum absolute atomic E-state index is 0.0839. The third-order valence-electron chi connectivity index (χ3n) is 3.30. The molecular formula is C14H20O9S2. The number of aliphatic hydroxyl groups excluding tert-OH is 1. The highest BCUT2D eigenvalue weighted by atomic mass is 32.2. The fourth-order valence-corrected chi connectivity index (χ4v) is 3.30. The number of aliphatic hydroxyl groups is 1. The van der Waals surface area contributed by atoms with E-state index in [1.807, 2.05) is 6.07 Å². The molecular weight excluding hydrogens is 376 g/mol. The smallest absolute Gasteiger partial charge is 0.264 e. The molecule has 1 saturated heterocycles. The Hall–Kier alpha value is -1.08. The van der Waals surface area contributed by atoms with Gasteiger partial charge in [-0.3, -0.25) is 8.37 Å². The summed E-state index contributed by atoms with van der Waals surface area (Å²) in [6.07, 6.45) is -3.33. The first-order valence-corrected chi connectivity index (χ1v) is 10.9. The fourth-order valence-electron chi connectivity index (χ4n) is 2.31. The van der Waals surface area contributed by atoms with Crippen LogP contribution in [0.4, 0.5) is 0 Å². The van der Waals surface area contributed by atoms with Crippen LogP contribution in [-0.2, 0) is 44.7 Å². The SMILES string of the molecule is CS(=O)(=O)OC[C@H]1O[C@H](O)[C@H](OS(C)(=O)=O)[C@H]1OCc1ccccc1. The summed E-state index contributed by atoms with van der Waals surface area (Å²) in [4.78, 5) is 0. The van der Waals surface area contributed by atoms with Gasteiger partial charge < -0.3 is 14.6 Å². The number of hydrogen-bond acceptors (Lipinski definition) is 9. The molecule has 1 aromatic rings. The summed E-state index contributed by atoms with van der Waals surface area (Å²) >= 11 is 0. The predicted molar refractivity (Wildman–Crippen MR) is 86.4 cm³/mol. The van der Waals surface area contributed by atoms with Crippen LogP contribution in [0.1, 0.15) is 5.56 Å². The summed E-state index contributed by atoms with van der Waals surface area (Å²) in [7, 11) is -7.65. The summed E-state index contributed by atoms with van der Waals surface area (Å²) < 4.78 is 65.5. The van der Waals surface area contributed by atoms with Crippen LogP contribution in [0.3, 0.4) is 0 Å². The second-order valence-corrected chi connectivity index (χ2v) is 8.82. The van der Waals surface area contributed by atoms with Crippen LogP contribution >= 0.6 is 0 Å². The standard InChI is InChI=1S/C14H20O9S2/c1-24(16,17)21-9-11-12(20-8-10-6-4-3-5-7-10)13(14(15)22-11)23-25(2,18)19/h3-7,11-15H,8-9H2,1-2H3/t11-,12+,13-,14+/m1/s1. The summed E-state index contributed by atoms with van der Waals surface area (Å²) in [5.74, 6) is 0. The van der Waals surface area contributed by atoms with Crippen molar-refractivity contribution in [2.45, 2.75) is 31.2 Å². The highest BCUT2D eigenvalue weighted by molar-refractivity contribution is 7.86. The largest absolute Gasteiger partial charge is 0.368 e. The molecule has 1 aliphatic rings. The van der Waals surface area contributed by atoms with E-state index in [9.17, 15) is 21.9 Å². The Morgan fingerprint density at radius 2 is 1.68 bits per heavy atom. The minimum Gasteiger partial charge on any atom is -0.368 e. The lowest BCUT2D eigenvalue weighted by Crippen LogP contribution is -2.40. The summed E-state index contributed by atoms with van der Waals surface area (Å²) in [5.41, 5.74) is 0.796. The fraction of sp³-hybridized carbons (Fsp3) is 0.571. The third kappa shape index (κ3) is 6.62. The monoisotopic (exact) mass is 396 g/mol. The van der Waals surface area contributed by atoms with Gasteiger partial charge in [0.15, 0.2) is 12.4 Å². The van der Waals surface area contributed by atoms with Gasteiger partial charge in [-0.2, -0.15) is 16.8 Å². The first-order chi connectivity index (χ1) is 11.6. The normalized spacial score (nSPS) is 27.5. The quantitative estimate of drug-likeness (QED) is 0.585. The van der Waals surface area contributed by atoms with Crippen molar-refractivity contribution in [3.8, 4) is 0 Å². The first kappa shape index (κ1) is 20.2. The van der Waals surface area contributed by atoms with E-state index in [0.29, 0.717) is 0 Å². The van der Waals surface area contributed by atoms with Crippen molar-refractivity contribution in [2.75, 3.05) is 19.1 Å². The Morgan fingerprint density at radius 3 is 2.24 bits per heavy atom. The van der Waals surface area contributed by atoms with Gasteiger partial charge in [0.2, 0.25) is 0 Å². The molecule has 0 aliphatic carbocycles. The molecule has 0 saturated carbocycles. The lowest BCUT2D eigenvalue weighted by molar-refractivity contribution is -0.125. The molecule has 1 aliphatic heterocycles. The van der Waals surface area contributed by atoms with Gasteiger partial charge in [-0.1, -0.05) is 30.3 Å². The molecule has 11 heteroatoms. The minimum atomic E-state index is -3.90. The summed E-state index contributed by atoms with van der Waals surface area (Å²) in [6.45, 7) is -0.362. The van der Waals surface area contributed by atoms with E-state index in [-0.39, 0.29) is 6.61 Å². The maximum atomic E-state index is 11.4. The number of benzene rings is 1. The highest BCUT2D eigenvalue weighted by Crippen LogP contribution is 2.28. The molecule has 1 aromatic carbocycles. The molecule has 2 rings (SSSR count). The van der Waals surface area contributed by atoms with Crippen LogP contribution in [0.5, 0.6) is 0 Å². The third-order valence-corrected chi connectivity index (χ3v) is 4.44. The molecule has 0 bridgehead atoms. The molecule has 0 radical (unpaired) electrons. The summed E-state index contributed by atoms with van der Waals surface area (Å²) in [5, 5.41) is 9.92. The zero-order chi connectivity index (χ0) is 18.7. The molecule has 0 spiro atoms. The van der Waals surface area contributed by atoms with Crippen LogP contribution in [-0.4, -0.2) is 65.7 Å². The van der Waals surface area contributed by atoms with Crippen molar-refractivity contribution < 1.29 is 39.8 Å². The Morgan fingerprint density at radius 1 is 1.04 bits per heavy atom. The van der Waals surface area contributed by atoms with Crippen LogP contribution in [0.15, 0.2) is 30.3 Å². The van der Waals surface area contributed by atoms with Crippen LogP contribution in [0.2, 0.25) is 0 Å². The summed E-state index contributed by atoms with van der Waals surface area (Å²) in [6, 6.07) is 9.01. The maximum Gasteiger partial charge on any atom is 0.264 e. The Balaban J connectivity index is 2.13. The maximum absolute atomic E-state index is 11.4. The first-order valence-electron chi connectivity index (χ1n) is 7.27. The molecule has 0 aromatic heterocycles. The predicted octanol–water partition coefficient (Wildman–Crippen LogP) is -0.390. The highest BCUT2D eigenvalue weighted by Gasteiger charge is 2.48.